The van der Waals surface area contributed by atoms with Crippen molar-refractivity contribution in [3.63, 3.8) is 0 Å². The second-order valence-corrected chi connectivity index (χ2v) is 5.35. The molecule has 0 radical (unpaired) electrons. The number of halogens is 3. The summed E-state index contributed by atoms with van der Waals surface area (Å²) in [5.74, 6) is 0.215. The molecule has 19 heavy (non-hydrogen) atoms. The average molecular weight is 391 g/mol. The Hall–Kier alpha value is -1.47. The van der Waals surface area contributed by atoms with Gasteiger partial charge >= 0.3 is 0 Å². The number of non-ortho nitro benzene ring substituents is 1. The Labute approximate surface area is 124 Å². The van der Waals surface area contributed by atoms with E-state index in [2.05, 4.69) is 31.9 Å². The van der Waals surface area contributed by atoms with E-state index in [4.69, 9.17) is 4.74 Å². The van der Waals surface area contributed by atoms with Crippen molar-refractivity contribution in [3.8, 4) is 11.5 Å². The molecule has 2 aromatic carbocycles. The van der Waals surface area contributed by atoms with Gasteiger partial charge in [0.05, 0.1) is 9.40 Å². The molecule has 0 saturated carbocycles. The SMILES string of the molecule is O=[N+]([O-])c1ccc(Oc2cc(F)cc(Br)c2)c(Br)c1. The van der Waals surface area contributed by atoms with Crippen LogP contribution in [0.5, 0.6) is 11.5 Å². The Bertz CT molecular complexity index is 629. The van der Waals surface area contributed by atoms with Crippen LogP contribution in [0.15, 0.2) is 45.3 Å². The minimum Gasteiger partial charge on any atom is -0.456 e. The van der Waals surface area contributed by atoms with Gasteiger partial charge in [-0.1, -0.05) is 15.9 Å². The fraction of sp³-hybridized carbons (Fsp3) is 0. The normalized spacial score (nSPS) is 10.3. The molecule has 2 aromatic rings. The zero-order valence-electron chi connectivity index (χ0n) is 9.27. The summed E-state index contributed by atoms with van der Waals surface area (Å²) in [6, 6.07) is 8.20. The molecule has 98 valence electrons. The second-order valence-electron chi connectivity index (χ2n) is 3.58. The predicted octanol–water partition coefficient (Wildman–Crippen LogP) is 5.05. The van der Waals surface area contributed by atoms with Gasteiger partial charge in [-0.3, -0.25) is 10.1 Å². The summed E-state index contributed by atoms with van der Waals surface area (Å²) in [5.41, 5.74) is -0.0559. The zero-order valence-corrected chi connectivity index (χ0v) is 12.4. The highest BCUT2D eigenvalue weighted by Crippen LogP contribution is 2.33. The van der Waals surface area contributed by atoms with Crippen LogP contribution in [0, 0.1) is 15.9 Å². The summed E-state index contributed by atoms with van der Waals surface area (Å²) in [4.78, 5) is 10.1. The Morgan fingerprint density at radius 1 is 1.16 bits per heavy atom. The Morgan fingerprint density at radius 2 is 1.89 bits per heavy atom. The number of benzene rings is 2. The minimum atomic E-state index is -0.507. The third kappa shape index (κ3) is 3.51. The first-order valence-corrected chi connectivity index (χ1v) is 6.62. The highest BCUT2D eigenvalue weighted by Gasteiger charge is 2.11. The molecule has 2 rings (SSSR count). The van der Waals surface area contributed by atoms with Gasteiger partial charge in [-0.05, 0) is 34.1 Å². The molecule has 0 aliphatic rings. The molecule has 0 atom stereocenters. The van der Waals surface area contributed by atoms with Gasteiger partial charge in [0.1, 0.15) is 17.3 Å². The zero-order chi connectivity index (χ0) is 14.0. The third-order valence-corrected chi connectivity index (χ3v) is 3.27. The lowest BCUT2D eigenvalue weighted by molar-refractivity contribution is -0.384. The first-order valence-electron chi connectivity index (χ1n) is 5.03. The molecular formula is C12H6Br2FNO3. The van der Waals surface area contributed by atoms with E-state index in [9.17, 15) is 14.5 Å². The third-order valence-electron chi connectivity index (χ3n) is 2.19. The number of hydrogen-bond donors (Lipinski definition) is 0. The summed E-state index contributed by atoms with van der Waals surface area (Å²) in [5, 5.41) is 10.6. The van der Waals surface area contributed by atoms with Gasteiger partial charge < -0.3 is 4.74 Å². The summed E-state index contributed by atoms with van der Waals surface area (Å²) in [7, 11) is 0. The largest absolute Gasteiger partial charge is 0.456 e. The quantitative estimate of drug-likeness (QED) is 0.544. The maximum Gasteiger partial charge on any atom is 0.270 e. The van der Waals surface area contributed by atoms with Crippen molar-refractivity contribution in [2.24, 2.45) is 0 Å². The van der Waals surface area contributed by atoms with E-state index >= 15 is 0 Å². The fourth-order valence-electron chi connectivity index (χ4n) is 1.40. The number of rotatable bonds is 3. The van der Waals surface area contributed by atoms with Crippen LogP contribution in [0.4, 0.5) is 10.1 Å². The van der Waals surface area contributed by atoms with Gasteiger partial charge in [0, 0.05) is 22.7 Å². The standard InChI is InChI=1S/C12H6Br2FNO3/c13-7-3-8(15)5-10(4-7)19-12-2-1-9(16(17)18)6-11(12)14/h1-6H. The maximum atomic E-state index is 13.2. The van der Waals surface area contributed by atoms with Crippen LogP contribution < -0.4 is 4.74 Å². The molecule has 0 aliphatic heterocycles. The summed E-state index contributed by atoms with van der Waals surface area (Å²) < 4.78 is 19.6. The highest BCUT2D eigenvalue weighted by atomic mass is 79.9. The predicted molar refractivity (Wildman–Crippen MR) is 75.0 cm³/mol. The van der Waals surface area contributed by atoms with Crippen molar-refractivity contribution in [2.75, 3.05) is 0 Å². The van der Waals surface area contributed by atoms with Crippen molar-refractivity contribution >= 4 is 37.5 Å². The molecule has 0 aliphatic carbocycles. The molecule has 0 saturated heterocycles. The topological polar surface area (TPSA) is 52.4 Å². The van der Waals surface area contributed by atoms with E-state index in [0.717, 1.165) is 0 Å². The van der Waals surface area contributed by atoms with E-state index in [1.165, 1.54) is 30.3 Å². The Kier molecular flexibility index (Phi) is 4.16. The van der Waals surface area contributed by atoms with Gasteiger partial charge in [0.2, 0.25) is 0 Å². The van der Waals surface area contributed by atoms with E-state index in [0.29, 0.717) is 20.4 Å². The Morgan fingerprint density at radius 3 is 2.47 bits per heavy atom. The smallest absolute Gasteiger partial charge is 0.270 e. The van der Waals surface area contributed by atoms with Crippen molar-refractivity contribution in [2.45, 2.75) is 0 Å². The monoisotopic (exact) mass is 389 g/mol. The van der Waals surface area contributed by atoms with Crippen LogP contribution in [0.1, 0.15) is 0 Å². The van der Waals surface area contributed by atoms with Gasteiger partial charge in [-0.2, -0.15) is 0 Å². The highest BCUT2D eigenvalue weighted by molar-refractivity contribution is 9.10. The van der Waals surface area contributed by atoms with Crippen LogP contribution in [0.25, 0.3) is 0 Å². The molecule has 7 heteroatoms. The average Bonchev–Trinajstić information content (AvgIpc) is 2.30. The van der Waals surface area contributed by atoms with E-state index in [1.807, 2.05) is 0 Å². The lowest BCUT2D eigenvalue weighted by Gasteiger charge is -2.08. The molecule has 0 unspecified atom stereocenters. The fourth-order valence-corrected chi connectivity index (χ4v) is 2.29. The summed E-state index contributed by atoms with van der Waals surface area (Å²) >= 11 is 6.33. The molecule has 0 aromatic heterocycles. The molecular weight excluding hydrogens is 385 g/mol. The number of ether oxygens (including phenoxy) is 1. The number of nitrogens with zero attached hydrogens (tertiary/aromatic N) is 1. The van der Waals surface area contributed by atoms with E-state index < -0.39 is 10.7 Å². The second kappa shape index (κ2) is 5.66. The van der Waals surface area contributed by atoms with Crippen LogP contribution in [0.2, 0.25) is 0 Å². The van der Waals surface area contributed by atoms with Crippen LogP contribution in [0.3, 0.4) is 0 Å². The van der Waals surface area contributed by atoms with Crippen molar-refractivity contribution in [1.82, 2.24) is 0 Å². The van der Waals surface area contributed by atoms with Gasteiger partial charge in [0.25, 0.3) is 5.69 Å². The first-order chi connectivity index (χ1) is 8.95. The number of hydrogen-bond acceptors (Lipinski definition) is 3. The number of nitro groups is 1. The van der Waals surface area contributed by atoms with Gasteiger partial charge in [0.15, 0.2) is 0 Å². The number of nitro benzene ring substituents is 1. The maximum absolute atomic E-state index is 13.2. The molecule has 0 spiro atoms. The molecule has 0 bridgehead atoms. The van der Waals surface area contributed by atoms with Crippen molar-refractivity contribution < 1.29 is 14.1 Å². The van der Waals surface area contributed by atoms with Gasteiger partial charge in [-0.25, -0.2) is 4.39 Å². The molecule has 0 amide bonds. The molecule has 0 N–H and O–H groups in total. The minimum absolute atomic E-state index is 0.0559. The van der Waals surface area contributed by atoms with Crippen LogP contribution in [-0.2, 0) is 0 Å². The first kappa shape index (κ1) is 14.0. The molecule has 0 heterocycles. The van der Waals surface area contributed by atoms with Crippen molar-refractivity contribution in [1.29, 1.82) is 0 Å². The lowest BCUT2D eigenvalue weighted by Crippen LogP contribution is -1.90. The molecule has 0 fully saturated rings. The van der Waals surface area contributed by atoms with E-state index in [1.54, 1.807) is 6.07 Å². The summed E-state index contributed by atoms with van der Waals surface area (Å²) in [6.45, 7) is 0. The molecule has 4 nitrogen and oxygen atoms in total. The Balaban J connectivity index is 2.30. The van der Waals surface area contributed by atoms with Gasteiger partial charge in [-0.15, -0.1) is 0 Å². The summed E-state index contributed by atoms with van der Waals surface area (Å²) in [6.07, 6.45) is 0. The van der Waals surface area contributed by atoms with Crippen LogP contribution >= 0.6 is 31.9 Å². The van der Waals surface area contributed by atoms with Crippen LogP contribution in [-0.4, -0.2) is 4.92 Å². The van der Waals surface area contributed by atoms with E-state index in [-0.39, 0.29) is 5.69 Å². The van der Waals surface area contributed by atoms with Crippen molar-refractivity contribution in [3.05, 3.63) is 61.3 Å². The lowest BCUT2D eigenvalue weighted by atomic mass is 10.3.